The predicted molar refractivity (Wildman–Crippen MR) is 121 cm³/mol. The number of hydrogen-bond acceptors (Lipinski definition) is 9. The molecule has 1 aromatic carbocycles. The lowest BCUT2D eigenvalue weighted by Gasteiger charge is -2.43. The molecule has 1 aliphatic heterocycles. The van der Waals surface area contributed by atoms with Gasteiger partial charge in [-0.15, -0.1) is 0 Å². The molecule has 12 nitrogen and oxygen atoms in total. The molecule has 2 heterocycles. The monoisotopic (exact) mass is 558 g/mol. The van der Waals surface area contributed by atoms with Crippen LogP contribution < -0.4 is 4.74 Å². The molecule has 1 saturated heterocycles. The first kappa shape index (κ1) is 25.6. The lowest BCUT2D eigenvalue weighted by molar-refractivity contribution is -0.252. The molecule has 14 heteroatoms. The molecular formula is C20H20BrClN4O8. The van der Waals surface area contributed by atoms with Crippen LogP contribution in [0.4, 0.5) is 0 Å². The van der Waals surface area contributed by atoms with Gasteiger partial charge < -0.3 is 28.7 Å². The highest BCUT2D eigenvalue weighted by Crippen LogP contribution is 2.39. The smallest absolute Gasteiger partial charge is 0.303 e. The molecule has 34 heavy (non-hydrogen) atoms. The summed E-state index contributed by atoms with van der Waals surface area (Å²) in [5.74, 6) is -1.81. The normalized spacial score (nSPS) is 24.1. The number of nitrogens with one attached hydrogen (secondary N) is 1. The number of hydrogen-bond donors (Lipinski definition) is 1. The number of halogens is 2. The standard InChI is InChI=1S/C20H20BrClN4O8/c1-8(27)30-7-14-18(31-9(2)28)19(32-10(3)29)17(25-26-23)20(34-14)33-13-6-24-12-5-4-11(21)16(22)15(12)13/h4-6,14,17-20,24H,7H2,1-3H3/t14-,17-,18+,19-,20?/m1/s1. The van der Waals surface area contributed by atoms with Crippen LogP contribution in [0.15, 0.2) is 27.9 Å². The minimum Gasteiger partial charge on any atom is -0.463 e. The third-order valence-electron chi connectivity index (χ3n) is 4.80. The van der Waals surface area contributed by atoms with Crippen LogP contribution >= 0.6 is 27.5 Å². The zero-order valence-electron chi connectivity index (χ0n) is 18.2. The number of aromatic nitrogens is 1. The topological polar surface area (TPSA) is 162 Å². The summed E-state index contributed by atoms with van der Waals surface area (Å²) in [6.07, 6.45) is -3.47. The largest absolute Gasteiger partial charge is 0.463 e. The van der Waals surface area contributed by atoms with Gasteiger partial charge in [0.2, 0.25) is 6.29 Å². The van der Waals surface area contributed by atoms with Crippen LogP contribution in [0.3, 0.4) is 0 Å². The van der Waals surface area contributed by atoms with Gasteiger partial charge in [0, 0.05) is 36.4 Å². The highest BCUT2D eigenvalue weighted by molar-refractivity contribution is 9.10. The van der Waals surface area contributed by atoms with Crippen molar-refractivity contribution >= 4 is 56.3 Å². The number of carbonyl (C=O) groups is 3. The maximum atomic E-state index is 11.9. The zero-order chi connectivity index (χ0) is 25.0. The van der Waals surface area contributed by atoms with E-state index < -0.39 is 48.6 Å². The quantitative estimate of drug-likeness (QED) is 0.176. The van der Waals surface area contributed by atoms with Crippen molar-refractivity contribution in [1.29, 1.82) is 0 Å². The Morgan fingerprint density at radius 1 is 1.18 bits per heavy atom. The molecule has 0 spiro atoms. The molecule has 0 saturated carbocycles. The van der Waals surface area contributed by atoms with Gasteiger partial charge in [0.05, 0.1) is 15.9 Å². The van der Waals surface area contributed by atoms with Crippen LogP contribution in [-0.2, 0) is 33.3 Å². The van der Waals surface area contributed by atoms with Gasteiger partial charge in [-0.25, -0.2) is 0 Å². The Hall–Kier alpha value is -2.99. The van der Waals surface area contributed by atoms with Gasteiger partial charge in [-0.2, -0.15) is 0 Å². The fourth-order valence-electron chi connectivity index (χ4n) is 3.51. The molecule has 1 unspecified atom stereocenters. The van der Waals surface area contributed by atoms with Crippen LogP contribution in [0.1, 0.15) is 20.8 Å². The van der Waals surface area contributed by atoms with Crippen molar-refractivity contribution in [2.75, 3.05) is 6.61 Å². The summed E-state index contributed by atoms with van der Waals surface area (Å²) in [6.45, 7) is 3.12. The Morgan fingerprint density at radius 2 is 1.85 bits per heavy atom. The van der Waals surface area contributed by atoms with Crippen LogP contribution in [0.2, 0.25) is 5.02 Å². The molecule has 1 aliphatic rings. The molecular weight excluding hydrogens is 540 g/mol. The molecule has 1 N–H and O–H groups in total. The number of azide groups is 1. The second-order valence-corrected chi connectivity index (χ2v) is 8.48. The third kappa shape index (κ3) is 5.73. The second-order valence-electron chi connectivity index (χ2n) is 7.24. The SMILES string of the molecule is CC(=O)OC[C@H]1OC(Oc2c[nH]c3ccc(Br)c(Cl)c23)[C@H](N=[N+]=[N-])[C@@H](OC(C)=O)[C@H]1OC(C)=O. The van der Waals surface area contributed by atoms with Gasteiger partial charge in [-0.1, -0.05) is 16.7 Å². The van der Waals surface area contributed by atoms with Gasteiger partial charge in [-0.3, -0.25) is 14.4 Å². The molecule has 0 amide bonds. The predicted octanol–water partition coefficient (Wildman–Crippen LogP) is 3.79. The fourth-order valence-corrected chi connectivity index (χ4v) is 4.10. The van der Waals surface area contributed by atoms with E-state index in [4.69, 9.17) is 35.3 Å². The van der Waals surface area contributed by atoms with Crippen molar-refractivity contribution in [3.05, 3.63) is 38.3 Å². The highest BCUT2D eigenvalue weighted by Gasteiger charge is 2.51. The minimum atomic E-state index is -1.33. The number of ether oxygens (including phenoxy) is 5. The van der Waals surface area contributed by atoms with E-state index in [-0.39, 0.29) is 12.4 Å². The van der Waals surface area contributed by atoms with Crippen molar-refractivity contribution in [3.63, 3.8) is 0 Å². The van der Waals surface area contributed by atoms with Gasteiger partial charge >= 0.3 is 17.9 Å². The van der Waals surface area contributed by atoms with Crippen molar-refractivity contribution in [2.24, 2.45) is 5.11 Å². The Balaban J connectivity index is 2.04. The number of benzene rings is 1. The summed E-state index contributed by atoms with van der Waals surface area (Å²) >= 11 is 9.78. The van der Waals surface area contributed by atoms with Gasteiger partial charge in [-0.05, 0) is 33.6 Å². The van der Waals surface area contributed by atoms with Crippen LogP contribution in [0.5, 0.6) is 5.75 Å². The molecule has 0 bridgehead atoms. The lowest BCUT2D eigenvalue weighted by atomic mass is 9.96. The van der Waals surface area contributed by atoms with Gasteiger partial charge in [0.1, 0.15) is 24.5 Å². The number of nitrogens with zero attached hydrogens (tertiary/aromatic N) is 3. The summed E-state index contributed by atoms with van der Waals surface area (Å²) in [5.41, 5.74) is 9.83. The molecule has 5 atom stereocenters. The molecule has 3 rings (SSSR count). The van der Waals surface area contributed by atoms with Crippen molar-refractivity contribution < 1.29 is 38.1 Å². The van der Waals surface area contributed by atoms with E-state index in [9.17, 15) is 19.9 Å². The average molecular weight is 560 g/mol. The molecule has 1 aromatic heterocycles. The number of H-pyrrole nitrogens is 1. The minimum absolute atomic E-state index is 0.253. The maximum Gasteiger partial charge on any atom is 0.303 e. The fraction of sp³-hybridized carbons (Fsp3) is 0.450. The van der Waals surface area contributed by atoms with E-state index in [1.807, 2.05) is 0 Å². The van der Waals surface area contributed by atoms with Crippen molar-refractivity contribution in [3.8, 4) is 5.75 Å². The maximum absolute atomic E-state index is 11.9. The van der Waals surface area contributed by atoms with Crippen molar-refractivity contribution in [2.45, 2.75) is 51.4 Å². The lowest BCUT2D eigenvalue weighted by Crippen LogP contribution is -2.62. The molecule has 0 aliphatic carbocycles. The number of aromatic amines is 1. The van der Waals surface area contributed by atoms with E-state index in [1.165, 1.54) is 13.1 Å². The van der Waals surface area contributed by atoms with Crippen LogP contribution in [-0.4, -0.2) is 60.1 Å². The van der Waals surface area contributed by atoms with E-state index in [0.29, 0.717) is 20.4 Å². The first-order chi connectivity index (χ1) is 16.1. The third-order valence-corrected chi connectivity index (χ3v) is 6.08. The summed E-state index contributed by atoms with van der Waals surface area (Å²) in [5, 5.41) is 4.56. The number of carbonyl (C=O) groups excluding carboxylic acids is 3. The summed E-state index contributed by atoms with van der Waals surface area (Å²) < 4.78 is 28.3. The van der Waals surface area contributed by atoms with E-state index in [0.717, 1.165) is 13.8 Å². The van der Waals surface area contributed by atoms with Crippen LogP contribution in [0.25, 0.3) is 21.3 Å². The Bertz CT molecular complexity index is 1150. The zero-order valence-corrected chi connectivity index (χ0v) is 20.5. The first-order valence-electron chi connectivity index (χ1n) is 9.91. The second kappa shape index (κ2) is 11.0. The van der Waals surface area contributed by atoms with E-state index in [2.05, 4.69) is 30.9 Å². The Kier molecular flexibility index (Phi) is 8.26. The van der Waals surface area contributed by atoms with E-state index in [1.54, 1.807) is 12.1 Å². The highest BCUT2D eigenvalue weighted by atomic mass is 79.9. The van der Waals surface area contributed by atoms with Gasteiger partial charge in [0.25, 0.3) is 0 Å². The first-order valence-corrected chi connectivity index (χ1v) is 11.1. The van der Waals surface area contributed by atoms with Gasteiger partial charge in [0.15, 0.2) is 12.2 Å². The summed E-state index contributed by atoms with van der Waals surface area (Å²) in [4.78, 5) is 40.8. The number of fused-ring (bicyclic) bond motifs is 1. The average Bonchev–Trinajstić information content (AvgIpc) is 3.16. The van der Waals surface area contributed by atoms with Crippen molar-refractivity contribution in [1.82, 2.24) is 4.98 Å². The number of rotatable bonds is 7. The molecule has 0 radical (unpaired) electrons. The Morgan fingerprint density at radius 3 is 2.47 bits per heavy atom. The molecule has 182 valence electrons. The Labute approximate surface area is 206 Å². The molecule has 1 fully saturated rings. The van der Waals surface area contributed by atoms with E-state index >= 15 is 0 Å². The number of esters is 3. The molecule has 2 aromatic rings. The summed E-state index contributed by atoms with van der Waals surface area (Å²) in [6, 6.07) is 2.25. The van der Waals surface area contributed by atoms with Crippen LogP contribution in [0, 0.1) is 0 Å². The summed E-state index contributed by atoms with van der Waals surface area (Å²) in [7, 11) is 0.